The summed E-state index contributed by atoms with van der Waals surface area (Å²) in [6, 6.07) is 5.69. The third kappa shape index (κ3) is 4.20. The van der Waals surface area contributed by atoms with Crippen molar-refractivity contribution in [2.75, 3.05) is 13.1 Å². The van der Waals surface area contributed by atoms with Crippen LogP contribution in [-0.2, 0) is 4.74 Å². The molecule has 4 rings (SSSR count). The van der Waals surface area contributed by atoms with Crippen LogP contribution in [0.2, 0.25) is 0 Å². The van der Waals surface area contributed by atoms with E-state index in [2.05, 4.69) is 0 Å². The highest BCUT2D eigenvalue weighted by Crippen LogP contribution is 2.45. The molecule has 2 atom stereocenters. The quantitative estimate of drug-likeness (QED) is 0.856. The van der Waals surface area contributed by atoms with Crippen LogP contribution in [0.4, 0.5) is 0 Å². The molecule has 2 aliphatic heterocycles. The Kier molecular flexibility index (Phi) is 5.41. The number of rotatable bonds is 4. The normalized spacial score (nSPS) is 27.2. The second-order valence-corrected chi connectivity index (χ2v) is 9.21. The molecule has 5 nitrogen and oxygen atoms in total. The molecule has 1 aromatic rings. The van der Waals surface area contributed by atoms with Crippen molar-refractivity contribution in [3.8, 4) is 5.75 Å². The second kappa shape index (κ2) is 7.68. The van der Waals surface area contributed by atoms with Crippen molar-refractivity contribution in [1.82, 2.24) is 4.90 Å². The summed E-state index contributed by atoms with van der Waals surface area (Å²) >= 11 is 0. The van der Waals surface area contributed by atoms with E-state index in [0.717, 1.165) is 30.6 Å². The van der Waals surface area contributed by atoms with Crippen molar-refractivity contribution in [3.05, 3.63) is 29.3 Å². The van der Waals surface area contributed by atoms with Crippen LogP contribution >= 0.6 is 0 Å². The number of carbonyl (C=O) groups excluding carboxylic acids is 1. The number of aliphatic hydroxyl groups is 1. The molecule has 0 radical (unpaired) electrons. The van der Waals surface area contributed by atoms with Gasteiger partial charge in [0.1, 0.15) is 5.75 Å². The van der Waals surface area contributed by atoms with Crippen LogP contribution < -0.4 is 4.74 Å². The van der Waals surface area contributed by atoms with Crippen LogP contribution in [0, 0.1) is 12.8 Å². The largest absolute Gasteiger partial charge is 0.491 e. The number of likely N-dealkylation sites (tertiary alicyclic amines) is 1. The van der Waals surface area contributed by atoms with Gasteiger partial charge in [0.15, 0.2) is 0 Å². The fourth-order valence-corrected chi connectivity index (χ4v) is 4.75. The maximum atomic E-state index is 13.0. The predicted octanol–water partition coefficient (Wildman–Crippen LogP) is 3.71. The van der Waals surface area contributed by atoms with Gasteiger partial charge in [0, 0.05) is 25.1 Å². The van der Waals surface area contributed by atoms with Gasteiger partial charge in [-0.15, -0.1) is 0 Å². The molecule has 28 heavy (non-hydrogen) atoms. The third-order valence-corrected chi connectivity index (χ3v) is 6.41. The zero-order valence-corrected chi connectivity index (χ0v) is 17.3. The van der Waals surface area contributed by atoms with Crippen molar-refractivity contribution in [2.24, 2.45) is 5.92 Å². The third-order valence-electron chi connectivity index (χ3n) is 6.41. The summed E-state index contributed by atoms with van der Waals surface area (Å²) in [5.74, 6) is 1.55. The summed E-state index contributed by atoms with van der Waals surface area (Å²) in [7, 11) is 0. The minimum Gasteiger partial charge on any atom is -0.491 e. The number of aryl methyl sites for hydroxylation is 1. The molecule has 0 unspecified atom stereocenters. The smallest absolute Gasteiger partial charge is 0.253 e. The van der Waals surface area contributed by atoms with Gasteiger partial charge in [0.25, 0.3) is 5.91 Å². The average Bonchev–Trinajstić information content (AvgIpc) is 3.48. The van der Waals surface area contributed by atoms with E-state index in [-0.39, 0.29) is 29.8 Å². The van der Waals surface area contributed by atoms with Gasteiger partial charge < -0.3 is 19.5 Å². The fraction of sp³-hybridized carbons (Fsp3) is 0.696. The SMILES string of the molecule is Cc1cc(C(=O)N2CCC3(CC2)C[C@@H](O)C[C@@H](C2CC2)O3)ccc1OC(C)C. The molecular formula is C23H33NO4. The first-order valence-corrected chi connectivity index (χ1v) is 10.8. The molecule has 0 aromatic heterocycles. The standard InChI is InChI=1S/C23H33NO4/c1-15(2)27-20-7-6-18(12-16(20)3)22(26)24-10-8-23(9-11-24)14-19(25)13-21(28-23)17-4-5-17/h6-7,12,15,17,19,21,25H,4-5,8-11,13-14H2,1-3H3/t19-,21-/m0/s1. The molecule has 2 heterocycles. The van der Waals surface area contributed by atoms with Crippen molar-refractivity contribution in [2.45, 2.75) is 83.2 Å². The monoisotopic (exact) mass is 387 g/mol. The van der Waals surface area contributed by atoms with Crippen LogP contribution in [0.5, 0.6) is 5.75 Å². The summed E-state index contributed by atoms with van der Waals surface area (Å²) in [6.45, 7) is 7.35. The van der Waals surface area contributed by atoms with E-state index >= 15 is 0 Å². The number of hydrogen-bond donors (Lipinski definition) is 1. The number of nitrogens with zero attached hydrogens (tertiary/aromatic N) is 1. The molecule has 3 fully saturated rings. The van der Waals surface area contributed by atoms with E-state index in [1.165, 1.54) is 12.8 Å². The van der Waals surface area contributed by atoms with Crippen molar-refractivity contribution >= 4 is 5.91 Å². The van der Waals surface area contributed by atoms with Crippen molar-refractivity contribution in [3.63, 3.8) is 0 Å². The first kappa shape index (κ1) is 19.7. The van der Waals surface area contributed by atoms with E-state index in [0.29, 0.717) is 31.0 Å². The summed E-state index contributed by atoms with van der Waals surface area (Å²) in [4.78, 5) is 14.9. The average molecular weight is 388 g/mol. The Hall–Kier alpha value is -1.59. The van der Waals surface area contributed by atoms with Crippen LogP contribution in [-0.4, -0.2) is 52.9 Å². The zero-order chi connectivity index (χ0) is 19.9. The number of hydrogen-bond acceptors (Lipinski definition) is 4. The number of benzene rings is 1. The molecule has 1 N–H and O–H groups in total. The van der Waals surface area contributed by atoms with Gasteiger partial charge in [-0.2, -0.15) is 0 Å². The van der Waals surface area contributed by atoms with Gasteiger partial charge in [-0.05, 0) is 82.6 Å². The molecule has 1 aromatic carbocycles. The highest BCUT2D eigenvalue weighted by Gasteiger charge is 2.47. The van der Waals surface area contributed by atoms with E-state index in [1.54, 1.807) is 0 Å². The van der Waals surface area contributed by atoms with Crippen molar-refractivity contribution < 1.29 is 19.4 Å². The minimum absolute atomic E-state index is 0.0733. The predicted molar refractivity (Wildman–Crippen MR) is 108 cm³/mol. The first-order valence-electron chi connectivity index (χ1n) is 10.8. The Morgan fingerprint density at radius 3 is 2.61 bits per heavy atom. The number of carbonyl (C=O) groups is 1. The summed E-state index contributed by atoms with van der Waals surface area (Å²) < 4.78 is 12.3. The van der Waals surface area contributed by atoms with Gasteiger partial charge in [-0.25, -0.2) is 0 Å². The van der Waals surface area contributed by atoms with Crippen LogP contribution in [0.15, 0.2) is 18.2 Å². The first-order chi connectivity index (χ1) is 13.3. The van der Waals surface area contributed by atoms with Crippen LogP contribution in [0.25, 0.3) is 0 Å². The van der Waals surface area contributed by atoms with Crippen LogP contribution in [0.3, 0.4) is 0 Å². The van der Waals surface area contributed by atoms with Gasteiger partial charge in [-0.3, -0.25) is 4.79 Å². The lowest BCUT2D eigenvalue weighted by atomic mass is 9.81. The lowest BCUT2D eigenvalue weighted by Crippen LogP contribution is -2.54. The lowest BCUT2D eigenvalue weighted by Gasteiger charge is -2.48. The van der Waals surface area contributed by atoms with Gasteiger partial charge in [-0.1, -0.05) is 0 Å². The van der Waals surface area contributed by atoms with E-state index < -0.39 is 0 Å². The molecule has 5 heteroatoms. The highest BCUT2D eigenvalue weighted by molar-refractivity contribution is 5.94. The zero-order valence-electron chi connectivity index (χ0n) is 17.3. The molecular weight excluding hydrogens is 354 g/mol. The lowest BCUT2D eigenvalue weighted by molar-refractivity contribution is -0.184. The number of ether oxygens (including phenoxy) is 2. The molecule has 154 valence electrons. The molecule has 2 saturated heterocycles. The van der Waals surface area contributed by atoms with Gasteiger partial charge in [0.2, 0.25) is 0 Å². The molecule has 1 spiro atoms. The summed E-state index contributed by atoms with van der Waals surface area (Å²) in [6.07, 6.45) is 5.63. The Balaban J connectivity index is 1.39. The Labute approximate surface area is 168 Å². The number of aliphatic hydroxyl groups excluding tert-OH is 1. The van der Waals surface area contributed by atoms with E-state index in [9.17, 15) is 9.90 Å². The minimum atomic E-state index is -0.266. The Morgan fingerprint density at radius 1 is 1.29 bits per heavy atom. The molecule has 1 saturated carbocycles. The summed E-state index contributed by atoms with van der Waals surface area (Å²) in [5.41, 5.74) is 1.45. The Morgan fingerprint density at radius 2 is 2.00 bits per heavy atom. The molecule has 3 aliphatic rings. The molecule has 1 aliphatic carbocycles. The second-order valence-electron chi connectivity index (χ2n) is 9.21. The summed E-state index contributed by atoms with van der Waals surface area (Å²) in [5, 5.41) is 10.4. The maximum Gasteiger partial charge on any atom is 0.253 e. The van der Waals surface area contributed by atoms with Gasteiger partial charge in [0.05, 0.1) is 23.9 Å². The maximum absolute atomic E-state index is 13.0. The Bertz CT molecular complexity index is 719. The number of amides is 1. The molecule has 1 amide bonds. The topological polar surface area (TPSA) is 59.0 Å². The van der Waals surface area contributed by atoms with E-state index in [4.69, 9.17) is 9.47 Å². The highest BCUT2D eigenvalue weighted by atomic mass is 16.5. The molecule has 0 bridgehead atoms. The number of piperidine rings is 1. The fourth-order valence-electron chi connectivity index (χ4n) is 4.75. The van der Waals surface area contributed by atoms with Crippen LogP contribution in [0.1, 0.15) is 68.3 Å². The van der Waals surface area contributed by atoms with Crippen molar-refractivity contribution in [1.29, 1.82) is 0 Å². The van der Waals surface area contributed by atoms with Gasteiger partial charge >= 0.3 is 0 Å². The van der Waals surface area contributed by atoms with E-state index in [1.807, 2.05) is 43.9 Å².